The molecular weight excluding hydrogens is 579 g/mol. The zero-order valence-corrected chi connectivity index (χ0v) is 26.7. The van der Waals surface area contributed by atoms with Crippen molar-refractivity contribution in [3.63, 3.8) is 0 Å². The third-order valence-corrected chi connectivity index (χ3v) is 10.8. The number of aliphatic imine (C=N–C) groups is 1. The van der Waals surface area contributed by atoms with Gasteiger partial charge in [-0.05, 0) is 100 Å². The van der Waals surface area contributed by atoms with E-state index in [-0.39, 0.29) is 5.41 Å². The summed E-state index contributed by atoms with van der Waals surface area (Å²) in [4.78, 5) is 7.01. The maximum atomic E-state index is 4.67. The fourth-order valence-electron chi connectivity index (χ4n) is 7.34. The molecule has 0 fully saturated rings. The summed E-state index contributed by atoms with van der Waals surface area (Å²) in [6, 6.07) is 49.1. The second-order valence-corrected chi connectivity index (χ2v) is 13.9. The Morgan fingerprint density at radius 1 is 0.587 bits per heavy atom. The molecule has 222 valence electrons. The molecule has 1 N–H and O–H groups in total. The van der Waals surface area contributed by atoms with Crippen LogP contribution in [0.2, 0.25) is 0 Å². The third-order valence-electron chi connectivity index (χ3n) is 9.70. The van der Waals surface area contributed by atoms with Gasteiger partial charge in [-0.25, -0.2) is 0 Å². The number of amidine groups is 1. The normalized spacial score (nSPS) is 14.6. The van der Waals surface area contributed by atoms with E-state index in [1.54, 1.807) is 0 Å². The molecule has 1 aliphatic heterocycles. The van der Waals surface area contributed by atoms with Gasteiger partial charge in [0.15, 0.2) is 0 Å². The van der Waals surface area contributed by atoms with Crippen LogP contribution in [0.5, 0.6) is 0 Å². The number of anilines is 3. The molecule has 1 aromatic heterocycles. The van der Waals surface area contributed by atoms with Crippen molar-refractivity contribution in [2.75, 3.05) is 18.0 Å². The summed E-state index contributed by atoms with van der Waals surface area (Å²) in [6.07, 6.45) is 0. The number of nitrogens with one attached hydrogen (secondary N) is 1. The van der Waals surface area contributed by atoms with E-state index >= 15 is 0 Å². The molecule has 7 aromatic rings. The second-order valence-electron chi connectivity index (χ2n) is 12.8. The highest BCUT2D eigenvalue weighted by molar-refractivity contribution is 7.25. The average Bonchev–Trinajstić information content (AvgIpc) is 3.82. The van der Waals surface area contributed by atoms with Crippen molar-refractivity contribution < 1.29 is 0 Å². The molecule has 6 aromatic carbocycles. The standard InChI is InChI=1S/C42H33N3S/c1-42(2)37-24-28(13-17-33(37)34-18-14-29(25-38(34)42)41-43-21-22-44-41)27-15-19-39-35(23-27)36-26-32(16-20-40(36)46-39)45(30-9-5-3-6-10-30)31-11-7-4-8-12-31/h3-20,23-26H,21-22H2,1-2H3,(H,43,44). The molecule has 0 saturated carbocycles. The maximum Gasteiger partial charge on any atom is 0.128 e. The summed E-state index contributed by atoms with van der Waals surface area (Å²) in [7, 11) is 0. The van der Waals surface area contributed by atoms with Crippen molar-refractivity contribution in [3.05, 3.63) is 150 Å². The molecule has 0 radical (unpaired) electrons. The zero-order chi connectivity index (χ0) is 30.8. The molecule has 1 aliphatic carbocycles. The number of para-hydroxylation sites is 2. The first-order valence-electron chi connectivity index (χ1n) is 16.0. The Bertz CT molecular complexity index is 2280. The highest BCUT2D eigenvalue weighted by Crippen LogP contribution is 2.50. The van der Waals surface area contributed by atoms with E-state index < -0.39 is 0 Å². The number of hydrogen-bond donors (Lipinski definition) is 1. The number of thiophene rings is 1. The lowest BCUT2D eigenvalue weighted by Gasteiger charge is -2.25. The van der Waals surface area contributed by atoms with Crippen molar-refractivity contribution in [3.8, 4) is 22.3 Å². The van der Waals surface area contributed by atoms with E-state index in [1.165, 1.54) is 59.1 Å². The van der Waals surface area contributed by atoms with Crippen LogP contribution in [0.25, 0.3) is 42.4 Å². The summed E-state index contributed by atoms with van der Waals surface area (Å²) in [5, 5.41) is 6.04. The number of benzene rings is 6. The Labute approximate surface area is 273 Å². The fourth-order valence-corrected chi connectivity index (χ4v) is 8.41. The van der Waals surface area contributed by atoms with Gasteiger partial charge in [-0.3, -0.25) is 4.99 Å². The molecule has 2 aliphatic rings. The van der Waals surface area contributed by atoms with Gasteiger partial charge in [-0.15, -0.1) is 11.3 Å². The minimum absolute atomic E-state index is 0.0950. The van der Waals surface area contributed by atoms with Crippen molar-refractivity contribution >= 4 is 54.4 Å². The predicted octanol–water partition coefficient (Wildman–Crippen LogP) is 10.8. The molecular formula is C42H33N3S. The topological polar surface area (TPSA) is 27.6 Å². The molecule has 46 heavy (non-hydrogen) atoms. The molecule has 0 atom stereocenters. The predicted molar refractivity (Wildman–Crippen MR) is 196 cm³/mol. The largest absolute Gasteiger partial charge is 0.368 e. The monoisotopic (exact) mass is 611 g/mol. The minimum Gasteiger partial charge on any atom is -0.368 e. The SMILES string of the molecule is CC1(C)c2cc(C3=NCCN3)ccc2-c2ccc(-c3ccc4sc5ccc(N(c6ccccc6)c6ccccc6)cc5c4c3)cc21. The van der Waals surface area contributed by atoms with Gasteiger partial charge in [0, 0.05) is 54.8 Å². The van der Waals surface area contributed by atoms with Gasteiger partial charge in [0.2, 0.25) is 0 Å². The molecule has 0 bridgehead atoms. The van der Waals surface area contributed by atoms with Crippen LogP contribution in [0.4, 0.5) is 17.1 Å². The molecule has 0 saturated heterocycles. The number of nitrogens with zero attached hydrogens (tertiary/aromatic N) is 2. The lowest BCUT2D eigenvalue weighted by molar-refractivity contribution is 0.660. The van der Waals surface area contributed by atoms with E-state index in [2.05, 4.69) is 163 Å². The van der Waals surface area contributed by atoms with Crippen LogP contribution >= 0.6 is 11.3 Å². The van der Waals surface area contributed by atoms with E-state index in [0.717, 1.165) is 36.0 Å². The van der Waals surface area contributed by atoms with Crippen LogP contribution in [0, 0.1) is 0 Å². The van der Waals surface area contributed by atoms with Crippen LogP contribution < -0.4 is 10.2 Å². The molecule has 0 unspecified atom stereocenters. The van der Waals surface area contributed by atoms with Gasteiger partial charge in [0.25, 0.3) is 0 Å². The van der Waals surface area contributed by atoms with Gasteiger partial charge in [-0.2, -0.15) is 0 Å². The smallest absolute Gasteiger partial charge is 0.128 e. The lowest BCUT2D eigenvalue weighted by Crippen LogP contribution is -2.21. The Hall–Kier alpha value is -5.19. The van der Waals surface area contributed by atoms with E-state index in [0.29, 0.717) is 0 Å². The van der Waals surface area contributed by atoms with Gasteiger partial charge in [-0.1, -0.05) is 80.6 Å². The van der Waals surface area contributed by atoms with E-state index in [4.69, 9.17) is 0 Å². The van der Waals surface area contributed by atoms with Crippen LogP contribution in [-0.2, 0) is 5.41 Å². The van der Waals surface area contributed by atoms with E-state index in [9.17, 15) is 0 Å². The van der Waals surface area contributed by atoms with E-state index in [1.807, 2.05) is 11.3 Å². The van der Waals surface area contributed by atoms with Crippen LogP contribution in [0.1, 0.15) is 30.5 Å². The number of rotatable bonds is 5. The second kappa shape index (κ2) is 10.4. The molecule has 0 spiro atoms. The maximum absolute atomic E-state index is 4.67. The fraction of sp³-hybridized carbons (Fsp3) is 0.119. The molecule has 0 amide bonds. The first-order valence-corrected chi connectivity index (χ1v) is 16.8. The third kappa shape index (κ3) is 4.28. The highest BCUT2D eigenvalue weighted by atomic mass is 32.1. The molecule has 9 rings (SSSR count). The minimum atomic E-state index is -0.0950. The summed E-state index contributed by atoms with van der Waals surface area (Å²) in [6.45, 7) is 6.49. The lowest BCUT2D eigenvalue weighted by atomic mass is 9.81. The van der Waals surface area contributed by atoms with Crippen LogP contribution in [-0.4, -0.2) is 18.9 Å². The Morgan fingerprint density at radius 3 is 1.80 bits per heavy atom. The highest BCUT2D eigenvalue weighted by Gasteiger charge is 2.36. The van der Waals surface area contributed by atoms with Crippen molar-refractivity contribution in [2.45, 2.75) is 19.3 Å². The summed E-state index contributed by atoms with van der Waals surface area (Å²) < 4.78 is 2.62. The van der Waals surface area contributed by atoms with Gasteiger partial charge >= 0.3 is 0 Å². The molecule has 3 nitrogen and oxygen atoms in total. The van der Waals surface area contributed by atoms with Crippen molar-refractivity contribution in [1.29, 1.82) is 0 Å². The summed E-state index contributed by atoms with van der Waals surface area (Å²) in [5.41, 5.74) is 12.5. The average molecular weight is 612 g/mol. The zero-order valence-electron chi connectivity index (χ0n) is 25.9. The number of hydrogen-bond acceptors (Lipinski definition) is 4. The van der Waals surface area contributed by atoms with Crippen molar-refractivity contribution in [2.24, 2.45) is 4.99 Å². The number of fused-ring (bicyclic) bond motifs is 6. The molecule has 2 heterocycles. The summed E-state index contributed by atoms with van der Waals surface area (Å²) >= 11 is 1.87. The Kier molecular flexibility index (Phi) is 6.16. The van der Waals surface area contributed by atoms with Gasteiger partial charge in [0.05, 0.1) is 6.54 Å². The van der Waals surface area contributed by atoms with Gasteiger partial charge < -0.3 is 10.2 Å². The first kappa shape index (κ1) is 27.1. The Morgan fingerprint density at radius 2 is 1.15 bits per heavy atom. The van der Waals surface area contributed by atoms with Crippen LogP contribution in [0.3, 0.4) is 0 Å². The molecule has 4 heteroatoms. The summed E-state index contributed by atoms with van der Waals surface area (Å²) in [5.74, 6) is 1.02. The van der Waals surface area contributed by atoms with Crippen LogP contribution in [0.15, 0.2) is 138 Å². The quantitative estimate of drug-likeness (QED) is 0.210. The van der Waals surface area contributed by atoms with Gasteiger partial charge in [0.1, 0.15) is 5.84 Å². The Balaban J connectivity index is 1.13. The van der Waals surface area contributed by atoms with Crippen molar-refractivity contribution in [1.82, 2.24) is 5.32 Å². The first-order chi connectivity index (χ1) is 22.5.